The van der Waals surface area contributed by atoms with Crippen molar-refractivity contribution in [2.75, 3.05) is 6.61 Å². The molecule has 0 radical (unpaired) electrons. The molecule has 0 spiro atoms. The van der Waals surface area contributed by atoms with E-state index in [2.05, 4.69) is 33.9 Å². The molecular formula is C23H34O5Si. The van der Waals surface area contributed by atoms with E-state index >= 15 is 0 Å². The van der Waals surface area contributed by atoms with Gasteiger partial charge >= 0.3 is 5.97 Å². The van der Waals surface area contributed by atoms with Gasteiger partial charge in [-0.25, -0.2) is 0 Å². The van der Waals surface area contributed by atoms with Gasteiger partial charge in [-0.1, -0.05) is 39.0 Å². The smallest absolute Gasteiger partial charge is 0.306 e. The summed E-state index contributed by atoms with van der Waals surface area (Å²) in [6.45, 7) is 13.0. The number of carbonyl (C=O) groups excluding carboxylic acids is 3. The van der Waals surface area contributed by atoms with Crippen molar-refractivity contribution in [1.29, 1.82) is 0 Å². The van der Waals surface area contributed by atoms with Crippen LogP contribution in [-0.2, 0) is 25.5 Å². The monoisotopic (exact) mass is 418 g/mol. The van der Waals surface area contributed by atoms with Gasteiger partial charge in [0.25, 0.3) is 0 Å². The Bertz CT molecular complexity index is 714. The molecule has 0 amide bonds. The van der Waals surface area contributed by atoms with Crippen LogP contribution in [0.25, 0.3) is 0 Å². The Morgan fingerprint density at radius 3 is 2.24 bits per heavy atom. The van der Waals surface area contributed by atoms with Crippen LogP contribution in [-0.4, -0.2) is 33.5 Å². The first-order valence-corrected chi connectivity index (χ1v) is 12.9. The highest BCUT2D eigenvalue weighted by atomic mass is 28.4. The second-order valence-corrected chi connectivity index (χ2v) is 13.4. The molecule has 160 valence electrons. The molecule has 0 aliphatic carbocycles. The van der Waals surface area contributed by atoms with Gasteiger partial charge in [0.15, 0.2) is 0 Å². The Hall–Kier alpha value is -2.21. The van der Waals surface area contributed by atoms with Crippen molar-refractivity contribution in [1.82, 2.24) is 0 Å². The summed E-state index contributed by atoms with van der Waals surface area (Å²) >= 11 is 0. The topological polar surface area (TPSA) is 69.7 Å². The minimum atomic E-state index is -1.87. The van der Waals surface area contributed by atoms with Crippen LogP contribution in [0.2, 0.25) is 18.1 Å². The molecular weight excluding hydrogens is 384 g/mol. The molecule has 1 rings (SSSR count). The van der Waals surface area contributed by atoms with E-state index in [0.29, 0.717) is 18.3 Å². The first-order valence-electron chi connectivity index (χ1n) is 10.0. The van der Waals surface area contributed by atoms with Gasteiger partial charge in [0.05, 0.1) is 13.0 Å². The third-order valence-electron chi connectivity index (χ3n) is 5.49. The Kier molecular flexibility index (Phi) is 9.50. The lowest BCUT2D eigenvalue weighted by Gasteiger charge is -2.36. The summed E-state index contributed by atoms with van der Waals surface area (Å²) in [5.41, 5.74) is 1.50. The minimum Gasteiger partial charge on any atom is -0.544 e. The predicted molar refractivity (Wildman–Crippen MR) is 118 cm³/mol. The highest BCUT2D eigenvalue weighted by molar-refractivity contribution is 6.74. The van der Waals surface area contributed by atoms with Crippen LogP contribution in [0.5, 0.6) is 5.75 Å². The number of ether oxygens (including phenoxy) is 1. The molecule has 6 heteroatoms. The van der Waals surface area contributed by atoms with Crippen molar-refractivity contribution in [2.24, 2.45) is 5.92 Å². The SMILES string of the molecule is C/C=C(/C=O)C(CC=O)CC(=O)OCCc1ccc(O[Si](C)(C)C(C)(C)C)cc1. The van der Waals surface area contributed by atoms with Crippen molar-refractivity contribution in [3.63, 3.8) is 0 Å². The average Bonchev–Trinajstić information content (AvgIpc) is 2.63. The third kappa shape index (κ3) is 7.97. The minimum absolute atomic E-state index is 0.0243. The largest absolute Gasteiger partial charge is 0.544 e. The molecule has 0 heterocycles. The van der Waals surface area contributed by atoms with E-state index in [1.807, 2.05) is 24.3 Å². The van der Waals surface area contributed by atoms with Gasteiger partial charge in [-0.05, 0) is 48.3 Å². The molecule has 0 aliphatic heterocycles. The molecule has 1 atom stereocenters. The summed E-state index contributed by atoms with van der Waals surface area (Å²) in [7, 11) is -1.87. The van der Waals surface area contributed by atoms with E-state index in [4.69, 9.17) is 9.16 Å². The van der Waals surface area contributed by atoms with E-state index in [-0.39, 0.29) is 24.5 Å². The first-order chi connectivity index (χ1) is 13.5. The summed E-state index contributed by atoms with van der Waals surface area (Å²) in [6.07, 6.45) is 3.78. The second-order valence-electron chi connectivity index (χ2n) is 8.69. The van der Waals surface area contributed by atoms with Gasteiger partial charge in [-0.2, -0.15) is 0 Å². The predicted octanol–water partition coefficient (Wildman–Crippen LogP) is 4.90. The van der Waals surface area contributed by atoms with Crippen LogP contribution in [0.3, 0.4) is 0 Å². The zero-order valence-electron chi connectivity index (χ0n) is 18.5. The molecule has 0 saturated heterocycles. The Balaban J connectivity index is 2.55. The van der Waals surface area contributed by atoms with E-state index in [0.717, 1.165) is 17.6 Å². The molecule has 5 nitrogen and oxygen atoms in total. The lowest BCUT2D eigenvalue weighted by Crippen LogP contribution is -2.43. The average molecular weight is 419 g/mol. The number of allylic oxidation sites excluding steroid dienone is 2. The summed E-state index contributed by atoms with van der Waals surface area (Å²) in [4.78, 5) is 33.9. The molecule has 1 aromatic rings. The van der Waals surface area contributed by atoms with E-state index in [1.54, 1.807) is 13.0 Å². The van der Waals surface area contributed by atoms with Gasteiger partial charge in [0.1, 0.15) is 18.3 Å². The zero-order chi connectivity index (χ0) is 22.1. The summed E-state index contributed by atoms with van der Waals surface area (Å²) in [6, 6.07) is 7.88. The number of esters is 1. The number of aldehydes is 2. The molecule has 1 aromatic carbocycles. The van der Waals surface area contributed by atoms with Crippen LogP contribution < -0.4 is 4.43 Å². The highest BCUT2D eigenvalue weighted by Gasteiger charge is 2.38. The van der Waals surface area contributed by atoms with Crippen LogP contribution in [0.4, 0.5) is 0 Å². The third-order valence-corrected chi connectivity index (χ3v) is 9.85. The van der Waals surface area contributed by atoms with Gasteiger partial charge in [-0.15, -0.1) is 0 Å². The zero-order valence-corrected chi connectivity index (χ0v) is 19.5. The number of hydrogen-bond acceptors (Lipinski definition) is 5. The Morgan fingerprint density at radius 1 is 1.14 bits per heavy atom. The molecule has 0 aromatic heterocycles. The van der Waals surface area contributed by atoms with E-state index in [9.17, 15) is 14.4 Å². The maximum atomic E-state index is 12.1. The maximum Gasteiger partial charge on any atom is 0.306 e. The van der Waals surface area contributed by atoms with Crippen LogP contribution in [0.15, 0.2) is 35.9 Å². The van der Waals surface area contributed by atoms with Crippen molar-refractivity contribution in [2.45, 2.75) is 65.1 Å². The summed E-state index contributed by atoms with van der Waals surface area (Å²) < 4.78 is 11.6. The molecule has 0 saturated carbocycles. The molecule has 29 heavy (non-hydrogen) atoms. The maximum absolute atomic E-state index is 12.1. The van der Waals surface area contributed by atoms with Crippen molar-refractivity contribution < 1.29 is 23.5 Å². The molecule has 0 fully saturated rings. The molecule has 0 bridgehead atoms. The van der Waals surface area contributed by atoms with Gasteiger partial charge in [-0.3, -0.25) is 9.59 Å². The Morgan fingerprint density at radius 2 is 1.76 bits per heavy atom. The number of rotatable bonds is 11. The molecule has 1 unspecified atom stereocenters. The summed E-state index contributed by atoms with van der Waals surface area (Å²) in [5, 5.41) is 0.137. The second kappa shape index (κ2) is 11.1. The van der Waals surface area contributed by atoms with E-state index < -0.39 is 20.2 Å². The number of benzene rings is 1. The normalized spacial score (nSPS) is 13.5. The fourth-order valence-electron chi connectivity index (χ4n) is 2.57. The lowest BCUT2D eigenvalue weighted by atomic mass is 9.93. The van der Waals surface area contributed by atoms with Crippen LogP contribution in [0.1, 0.15) is 46.1 Å². The molecule has 0 aliphatic rings. The number of carbonyl (C=O) groups is 3. The highest BCUT2D eigenvalue weighted by Crippen LogP contribution is 2.37. The van der Waals surface area contributed by atoms with Crippen molar-refractivity contribution in [3.05, 3.63) is 41.5 Å². The van der Waals surface area contributed by atoms with Gasteiger partial charge < -0.3 is 14.0 Å². The Labute approximate surface area is 175 Å². The quantitative estimate of drug-likeness (QED) is 0.221. The fraction of sp³-hybridized carbons (Fsp3) is 0.522. The van der Waals surface area contributed by atoms with Crippen LogP contribution in [0, 0.1) is 5.92 Å². The standard InChI is InChI=1S/C23H34O5Si/c1-7-19(17-25)20(12-14-24)16-22(26)27-15-13-18-8-10-21(11-9-18)28-29(5,6)23(2,3)4/h7-11,14,17,20H,12-13,15-16H2,1-6H3/b19-7-. The first kappa shape index (κ1) is 24.8. The van der Waals surface area contributed by atoms with E-state index in [1.165, 1.54) is 0 Å². The summed E-state index contributed by atoms with van der Waals surface area (Å²) in [5.74, 6) is 0.0342. The number of hydrogen-bond donors (Lipinski definition) is 0. The van der Waals surface area contributed by atoms with Gasteiger partial charge in [0, 0.05) is 18.8 Å². The lowest BCUT2D eigenvalue weighted by molar-refractivity contribution is -0.144. The fourth-order valence-corrected chi connectivity index (χ4v) is 3.60. The van der Waals surface area contributed by atoms with Crippen LogP contribution >= 0.6 is 0 Å². The molecule has 0 N–H and O–H groups in total. The van der Waals surface area contributed by atoms with Gasteiger partial charge in [0.2, 0.25) is 8.32 Å². The van der Waals surface area contributed by atoms with Crippen molar-refractivity contribution in [3.8, 4) is 5.75 Å². The van der Waals surface area contributed by atoms with Crippen molar-refractivity contribution >= 4 is 26.9 Å².